The monoisotopic (exact) mass is 855 g/mol. The van der Waals surface area contributed by atoms with Crippen molar-refractivity contribution < 1.29 is 8.83 Å². The Morgan fingerprint density at radius 1 is 0.508 bits per heavy atom. The molecule has 312 valence electrons. The molecule has 14 rings (SSSR count). The Bertz CT molecular complexity index is 3750. The second kappa shape index (κ2) is 14.0. The third-order valence-electron chi connectivity index (χ3n) is 15.1. The fraction of sp³-hybridized carbons (Fsp3) is 0.148. The summed E-state index contributed by atoms with van der Waals surface area (Å²) < 4.78 is 13.9. The van der Waals surface area contributed by atoms with Crippen LogP contribution in [0.15, 0.2) is 190 Å². The van der Waals surface area contributed by atoms with Crippen molar-refractivity contribution in [2.75, 3.05) is 4.90 Å². The van der Waals surface area contributed by atoms with Crippen LogP contribution in [0.25, 0.3) is 88.0 Å². The van der Waals surface area contributed by atoms with Crippen LogP contribution in [-0.2, 0) is 5.41 Å². The molecule has 0 saturated heterocycles. The van der Waals surface area contributed by atoms with E-state index in [0.717, 1.165) is 72.1 Å². The van der Waals surface area contributed by atoms with Crippen LogP contribution in [0.3, 0.4) is 0 Å². The topological polar surface area (TPSA) is 29.5 Å². The number of fused-ring (bicyclic) bond motifs is 13. The molecular formula is C61H45NO2S. The minimum absolute atomic E-state index is 0.137. The van der Waals surface area contributed by atoms with E-state index >= 15 is 0 Å². The molecular weight excluding hydrogens is 811 g/mol. The fourth-order valence-electron chi connectivity index (χ4n) is 12.0. The molecule has 0 radical (unpaired) electrons. The summed E-state index contributed by atoms with van der Waals surface area (Å²) in [5.41, 5.74) is 18.3. The number of hydrogen-bond donors (Lipinski definition) is 0. The lowest BCUT2D eigenvalue weighted by Gasteiger charge is -2.28. The molecule has 2 aliphatic carbocycles. The lowest BCUT2D eigenvalue weighted by molar-refractivity contribution is 0.461. The maximum Gasteiger partial charge on any atom is 0.144 e. The standard InChI is InChI=1S/C61H45NO2S/c1-61(2)51-22-8-5-16-43(51)44-31-29-39(33-52(44)61)62(38-27-25-37(26-28-38)42-19-12-21-48-46-17-7-10-24-56(46)65-60(42)48)40-30-32-45-50-35-55-57(49-18-6-9-23-53(49)63-55)58(59(50)64-54(45)34-40)47-20-11-14-36-13-3-4-15-41(36)47/h3-6,8-9,11-16,18-23,25-35,46,56H,7,10,17,24H2,1-2H3. The van der Waals surface area contributed by atoms with Gasteiger partial charge in [-0.15, -0.1) is 11.8 Å². The van der Waals surface area contributed by atoms with E-state index in [1.165, 1.54) is 74.7 Å². The van der Waals surface area contributed by atoms with E-state index in [2.05, 4.69) is 200 Å². The lowest BCUT2D eigenvalue weighted by Crippen LogP contribution is -2.16. The minimum Gasteiger partial charge on any atom is -0.456 e. The Morgan fingerprint density at radius 3 is 2.14 bits per heavy atom. The number of furan rings is 2. The SMILES string of the molecule is CC1(C)c2ccccc2-c2ccc(N(c3ccc(-c4cccc5c4SC4CCCCC54)cc3)c3ccc4c(c3)oc3c(-c5cccc6ccccc56)c5c(cc34)oc3ccccc35)cc21. The molecule has 4 heteroatoms. The Kier molecular flexibility index (Phi) is 8.05. The van der Waals surface area contributed by atoms with Gasteiger partial charge in [-0.1, -0.05) is 148 Å². The maximum atomic E-state index is 7.21. The highest BCUT2D eigenvalue weighted by Crippen LogP contribution is 2.56. The number of hydrogen-bond acceptors (Lipinski definition) is 4. The van der Waals surface area contributed by atoms with Crippen molar-refractivity contribution in [1.82, 2.24) is 0 Å². The summed E-state index contributed by atoms with van der Waals surface area (Å²) in [6.07, 6.45) is 5.33. The number of benzene rings is 9. The summed E-state index contributed by atoms with van der Waals surface area (Å²) in [5, 5.41) is 7.36. The second-order valence-corrected chi connectivity index (χ2v) is 20.2. The van der Waals surface area contributed by atoms with Gasteiger partial charge in [0.25, 0.3) is 0 Å². The summed E-state index contributed by atoms with van der Waals surface area (Å²) in [7, 11) is 0. The van der Waals surface area contributed by atoms with Crippen LogP contribution in [0.4, 0.5) is 17.1 Å². The van der Waals surface area contributed by atoms with Crippen LogP contribution in [0.5, 0.6) is 0 Å². The molecule has 2 aromatic heterocycles. The summed E-state index contributed by atoms with van der Waals surface area (Å²) >= 11 is 2.13. The Hall–Kier alpha value is -7.01. The second-order valence-electron chi connectivity index (χ2n) is 19.0. The van der Waals surface area contributed by atoms with Gasteiger partial charge in [0.05, 0.1) is 0 Å². The number of para-hydroxylation sites is 1. The largest absolute Gasteiger partial charge is 0.456 e. The van der Waals surface area contributed by atoms with Crippen molar-refractivity contribution in [3.05, 3.63) is 193 Å². The van der Waals surface area contributed by atoms with Gasteiger partial charge in [-0.3, -0.25) is 0 Å². The minimum atomic E-state index is -0.137. The highest BCUT2D eigenvalue weighted by molar-refractivity contribution is 8.00. The van der Waals surface area contributed by atoms with Gasteiger partial charge >= 0.3 is 0 Å². The van der Waals surface area contributed by atoms with Gasteiger partial charge in [-0.05, 0) is 123 Å². The first-order chi connectivity index (χ1) is 32.0. The molecule has 65 heavy (non-hydrogen) atoms. The number of anilines is 3. The van der Waals surface area contributed by atoms with Crippen molar-refractivity contribution >= 4 is 83.5 Å². The van der Waals surface area contributed by atoms with Gasteiger partial charge in [-0.2, -0.15) is 0 Å². The Balaban J connectivity index is 0.960. The molecule has 3 heterocycles. The van der Waals surface area contributed by atoms with Crippen molar-refractivity contribution in [2.24, 2.45) is 0 Å². The van der Waals surface area contributed by atoms with Crippen molar-refractivity contribution in [3.8, 4) is 33.4 Å². The molecule has 1 fully saturated rings. The van der Waals surface area contributed by atoms with Gasteiger partial charge in [0.2, 0.25) is 0 Å². The zero-order valence-corrected chi connectivity index (χ0v) is 37.2. The van der Waals surface area contributed by atoms with Crippen LogP contribution in [0.1, 0.15) is 62.1 Å². The van der Waals surface area contributed by atoms with E-state index in [0.29, 0.717) is 11.2 Å². The first kappa shape index (κ1) is 37.4. The van der Waals surface area contributed by atoms with E-state index in [1.807, 2.05) is 6.07 Å². The van der Waals surface area contributed by atoms with Crippen LogP contribution >= 0.6 is 11.8 Å². The van der Waals surface area contributed by atoms with Crippen LogP contribution < -0.4 is 4.90 Å². The van der Waals surface area contributed by atoms with Crippen molar-refractivity contribution in [1.29, 1.82) is 0 Å². The van der Waals surface area contributed by atoms with Crippen LogP contribution in [-0.4, -0.2) is 5.25 Å². The highest BCUT2D eigenvalue weighted by atomic mass is 32.2. The predicted octanol–water partition coefficient (Wildman–Crippen LogP) is 17.9. The lowest BCUT2D eigenvalue weighted by atomic mass is 9.82. The quantitative estimate of drug-likeness (QED) is 0.172. The molecule has 9 aromatic carbocycles. The molecule has 0 N–H and O–H groups in total. The van der Waals surface area contributed by atoms with Crippen LogP contribution in [0.2, 0.25) is 0 Å². The summed E-state index contributed by atoms with van der Waals surface area (Å²) in [4.78, 5) is 3.91. The molecule has 11 aromatic rings. The Labute approximate surface area is 382 Å². The van der Waals surface area contributed by atoms with E-state index in [9.17, 15) is 0 Å². The molecule has 0 spiro atoms. The van der Waals surface area contributed by atoms with Gasteiger partial charge in [0.1, 0.15) is 22.3 Å². The van der Waals surface area contributed by atoms with E-state index in [4.69, 9.17) is 8.83 Å². The zero-order valence-electron chi connectivity index (χ0n) is 36.4. The van der Waals surface area contributed by atoms with Crippen molar-refractivity contribution in [3.63, 3.8) is 0 Å². The molecule has 3 nitrogen and oxygen atoms in total. The summed E-state index contributed by atoms with van der Waals surface area (Å²) in [5.74, 6) is 0.689. The van der Waals surface area contributed by atoms with E-state index in [-0.39, 0.29) is 5.41 Å². The molecule has 0 bridgehead atoms. The molecule has 3 aliphatic rings. The number of thioether (sulfide) groups is 1. The summed E-state index contributed by atoms with van der Waals surface area (Å²) in [6.45, 7) is 4.72. The van der Waals surface area contributed by atoms with Gasteiger partial charge in [0.15, 0.2) is 0 Å². The molecule has 1 aliphatic heterocycles. The molecule has 2 atom stereocenters. The predicted molar refractivity (Wildman–Crippen MR) is 272 cm³/mol. The molecule has 0 amide bonds. The zero-order chi connectivity index (χ0) is 43.0. The molecule has 1 saturated carbocycles. The average molecular weight is 856 g/mol. The van der Waals surface area contributed by atoms with Crippen molar-refractivity contribution in [2.45, 2.75) is 61.0 Å². The third kappa shape index (κ3) is 5.50. The van der Waals surface area contributed by atoms with E-state index in [1.54, 1.807) is 5.56 Å². The summed E-state index contributed by atoms with van der Waals surface area (Å²) in [6, 6.07) is 64.8. The number of rotatable bonds is 5. The highest BCUT2D eigenvalue weighted by Gasteiger charge is 2.37. The normalized spacial score (nSPS) is 17.2. The molecule has 2 unspecified atom stereocenters. The van der Waals surface area contributed by atoms with Gasteiger partial charge < -0.3 is 13.7 Å². The van der Waals surface area contributed by atoms with Gasteiger partial charge in [-0.25, -0.2) is 0 Å². The fourth-order valence-corrected chi connectivity index (χ4v) is 13.7. The average Bonchev–Trinajstić information content (AvgIpc) is 4.09. The smallest absolute Gasteiger partial charge is 0.144 e. The van der Waals surface area contributed by atoms with Crippen LogP contribution in [0, 0.1) is 0 Å². The van der Waals surface area contributed by atoms with Gasteiger partial charge in [0, 0.05) is 65.8 Å². The first-order valence-electron chi connectivity index (χ1n) is 23.2. The van der Waals surface area contributed by atoms with E-state index < -0.39 is 0 Å². The Morgan fingerprint density at radius 2 is 1.22 bits per heavy atom. The number of nitrogens with zero attached hydrogens (tertiary/aromatic N) is 1. The third-order valence-corrected chi connectivity index (χ3v) is 16.6. The maximum absolute atomic E-state index is 7.21. The first-order valence-corrected chi connectivity index (χ1v) is 24.1.